The Bertz CT molecular complexity index is 1400. The van der Waals surface area contributed by atoms with E-state index in [9.17, 15) is 4.39 Å². The van der Waals surface area contributed by atoms with Crippen LogP contribution in [0.1, 0.15) is 20.8 Å². The van der Waals surface area contributed by atoms with Crippen molar-refractivity contribution < 1.29 is 4.39 Å². The Morgan fingerprint density at radius 3 is 2.61 bits per heavy atom. The number of para-hydroxylation sites is 2. The molecule has 0 spiro atoms. The lowest BCUT2D eigenvalue weighted by molar-refractivity contribution is 0.665. The molecule has 0 saturated heterocycles. The van der Waals surface area contributed by atoms with E-state index in [1.165, 1.54) is 12.2 Å². The van der Waals surface area contributed by atoms with Crippen molar-refractivity contribution in [3.63, 3.8) is 0 Å². The largest absolute Gasteiger partial charge is 0.322 e. The van der Waals surface area contributed by atoms with Gasteiger partial charge in [0.25, 0.3) is 0 Å². The Hall–Kier alpha value is -4.13. The number of hydrogen-bond donors (Lipinski definition) is 1. The van der Waals surface area contributed by atoms with Gasteiger partial charge in [0.1, 0.15) is 5.83 Å². The zero-order valence-electron chi connectivity index (χ0n) is 18.8. The lowest BCUT2D eigenvalue weighted by atomic mass is 10.1. The van der Waals surface area contributed by atoms with E-state index in [0.29, 0.717) is 11.6 Å². The van der Waals surface area contributed by atoms with Crippen molar-refractivity contribution >= 4 is 28.4 Å². The summed E-state index contributed by atoms with van der Waals surface area (Å²) in [6, 6.07) is 13.5. The molecule has 4 rings (SSSR count). The molecule has 0 unspecified atom stereocenters. The number of anilines is 2. The second-order valence-electron chi connectivity index (χ2n) is 7.71. The third-order valence-corrected chi connectivity index (χ3v) is 4.90. The van der Waals surface area contributed by atoms with Crippen LogP contribution in [0.5, 0.6) is 0 Å². The predicted octanol–water partition coefficient (Wildman–Crippen LogP) is 5.88. The molecule has 0 radical (unpaired) electrons. The fourth-order valence-electron chi connectivity index (χ4n) is 3.47. The Labute approximate surface area is 191 Å². The van der Waals surface area contributed by atoms with Crippen LogP contribution in [0.3, 0.4) is 0 Å². The molecule has 2 aliphatic rings. The Balaban J connectivity index is 1.99. The number of rotatable bonds is 6. The van der Waals surface area contributed by atoms with E-state index in [2.05, 4.69) is 21.9 Å². The van der Waals surface area contributed by atoms with Gasteiger partial charge in [0, 0.05) is 24.1 Å². The average Bonchev–Trinajstić information content (AvgIpc) is 2.81. The van der Waals surface area contributed by atoms with Crippen molar-refractivity contribution in [2.24, 2.45) is 4.99 Å². The summed E-state index contributed by atoms with van der Waals surface area (Å²) in [6.07, 6.45) is 7.81. The number of allylic oxidation sites excluding steroid dienone is 5. The van der Waals surface area contributed by atoms with E-state index in [0.717, 1.165) is 33.5 Å². The topological polar surface area (TPSA) is 68.0 Å². The molecule has 0 atom stereocenters. The first-order valence-electron chi connectivity index (χ1n) is 10.7. The molecule has 33 heavy (non-hydrogen) atoms. The number of fused-ring (bicyclic) bond motifs is 2. The molecule has 0 saturated carbocycles. The minimum absolute atomic E-state index is 0.0634. The fourth-order valence-corrected chi connectivity index (χ4v) is 3.47. The van der Waals surface area contributed by atoms with Crippen LogP contribution >= 0.6 is 0 Å². The van der Waals surface area contributed by atoms with Crippen molar-refractivity contribution in [3.05, 3.63) is 90.8 Å². The van der Waals surface area contributed by atoms with Crippen LogP contribution in [0.15, 0.2) is 90.5 Å². The van der Waals surface area contributed by atoms with Crippen molar-refractivity contribution in [2.45, 2.75) is 26.8 Å². The number of hydrogen-bond acceptors (Lipinski definition) is 5. The second-order valence-corrected chi connectivity index (χ2v) is 7.71. The van der Waals surface area contributed by atoms with Crippen LogP contribution in [-0.4, -0.2) is 25.6 Å². The van der Waals surface area contributed by atoms with E-state index in [4.69, 9.17) is 9.98 Å². The van der Waals surface area contributed by atoms with Gasteiger partial charge >= 0.3 is 0 Å². The van der Waals surface area contributed by atoms with Gasteiger partial charge in [0.15, 0.2) is 0 Å². The summed E-state index contributed by atoms with van der Waals surface area (Å²) >= 11 is 0. The molecular weight excluding hydrogens is 415 g/mol. The van der Waals surface area contributed by atoms with E-state index in [1.807, 2.05) is 54.8 Å². The minimum atomic E-state index is -0.329. The third-order valence-electron chi connectivity index (χ3n) is 4.90. The summed E-state index contributed by atoms with van der Waals surface area (Å²) in [5, 5.41) is 4.00. The highest BCUT2D eigenvalue weighted by Crippen LogP contribution is 2.30. The molecule has 1 aromatic carbocycles. The standard InChI is InChI=1S/C26H25FN6/c1-5-19(27)12-11-18(4)33-24-10-7-6-9-20(24)31-23-15-21(32-26-28-13-8-14-29-26)22(16-25(23)33)30-17(2)3/h5-17H,4H2,1-3H3,(H,28,29,32). The number of aromatic nitrogens is 4. The van der Waals surface area contributed by atoms with Gasteiger partial charge in [0.2, 0.25) is 5.95 Å². The summed E-state index contributed by atoms with van der Waals surface area (Å²) in [5.74, 6) is 0.143. The Morgan fingerprint density at radius 2 is 1.88 bits per heavy atom. The number of benzene rings is 2. The van der Waals surface area contributed by atoms with E-state index in [1.54, 1.807) is 31.5 Å². The highest BCUT2D eigenvalue weighted by molar-refractivity contribution is 5.86. The van der Waals surface area contributed by atoms with E-state index >= 15 is 0 Å². The van der Waals surface area contributed by atoms with Crippen LogP contribution in [0.25, 0.3) is 28.1 Å². The number of nitrogens with zero attached hydrogens (tertiary/aromatic N) is 5. The van der Waals surface area contributed by atoms with Gasteiger partial charge in [0.05, 0.1) is 33.5 Å². The Kier molecular flexibility index (Phi) is 6.40. The first-order chi connectivity index (χ1) is 16.0. The predicted molar refractivity (Wildman–Crippen MR) is 132 cm³/mol. The summed E-state index contributed by atoms with van der Waals surface area (Å²) in [4.78, 5) is 18.2. The smallest absolute Gasteiger partial charge is 0.227 e. The van der Waals surface area contributed by atoms with E-state index < -0.39 is 0 Å². The van der Waals surface area contributed by atoms with Gasteiger partial charge in [-0.15, -0.1) is 0 Å². The third kappa shape index (κ3) is 4.87. The zero-order chi connectivity index (χ0) is 23.4. The molecule has 0 fully saturated rings. The molecule has 1 aliphatic carbocycles. The van der Waals surface area contributed by atoms with Gasteiger partial charge in [-0.1, -0.05) is 24.8 Å². The molecule has 1 aliphatic heterocycles. The van der Waals surface area contributed by atoms with E-state index in [-0.39, 0.29) is 11.9 Å². The van der Waals surface area contributed by atoms with Gasteiger partial charge in [-0.2, -0.15) is 0 Å². The molecule has 7 heteroatoms. The lowest BCUT2D eigenvalue weighted by Crippen LogP contribution is -2.17. The van der Waals surface area contributed by atoms with Crippen molar-refractivity contribution in [1.29, 1.82) is 0 Å². The Morgan fingerprint density at radius 1 is 1.12 bits per heavy atom. The van der Waals surface area contributed by atoms with Gasteiger partial charge in [-0.25, -0.2) is 19.3 Å². The quantitative estimate of drug-likeness (QED) is 0.300. The van der Waals surface area contributed by atoms with Gasteiger partial charge in [-0.05, 0) is 63.3 Å². The van der Waals surface area contributed by atoms with Crippen LogP contribution < -0.4 is 10.7 Å². The molecule has 0 amide bonds. The molecule has 2 heterocycles. The number of nitrogens with one attached hydrogen (secondary N) is 1. The molecular formula is C26H25FN6. The molecule has 0 bridgehead atoms. The van der Waals surface area contributed by atoms with Crippen LogP contribution in [0, 0.1) is 0 Å². The van der Waals surface area contributed by atoms with Crippen LogP contribution in [-0.2, 0) is 0 Å². The van der Waals surface area contributed by atoms with Gasteiger partial charge in [-0.3, -0.25) is 4.99 Å². The summed E-state index contributed by atoms with van der Waals surface area (Å²) in [6.45, 7) is 9.88. The van der Waals surface area contributed by atoms with Crippen LogP contribution in [0.2, 0.25) is 0 Å². The normalized spacial score (nSPS) is 12.9. The molecule has 1 aromatic heterocycles. The monoisotopic (exact) mass is 440 g/mol. The van der Waals surface area contributed by atoms with Crippen molar-refractivity contribution in [3.8, 4) is 11.4 Å². The van der Waals surface area contributed by atoms with Crippen LogP contribution in [0.4, 0.5) is 16.0 Å². The minimum Gasteiger partial charge on any atom is -0.322 e. The summed E-state index contributed by atoms with van der Waals surface area (Å²) in [7, 11) is 0. The highest BCUT2D eigenvalue weighted by atomic mass is 19.1. The number of halogens is 1. The fraction of sp³-hybridized carbons (Fsp3) is 0.154. The maximum absolute atomic E-state index is 13.8. The SMILES string of the molecule is C=C(C=CC(F)=CC)n1c2cc(=NC(C)C)c(Nc3ncccn3)cc-2nc2ccccc21. The second kappa shape index (κ2) is 9.56. The average molecular weight is 441 g/mol. The molecule has 6 nitrogen and oxygen atoms in total. The summed E-state index contributed by atoms with van der Waals surface area (Å²) < 4.78 is 15.8. The first kappa shape index (κ1) is 22.1. The highest BCUT2D eigenvalue weighted by Gasteiger charge is 2.16. The molecule has 166 valence electrons. The van der Waals surface area contributed by atoms with Gasteiger partial charge < -0.3 is 9.88 Å². The maximum Gasteiger partial charge on any atom is 0.227 e. The van der Waals surface area contributed by atoms with Crippen molar-refractivity contribution in [2.75, 3.05) is 5.32 Å². The van der Waals surface area contributed by atoms with Crippen molar-refractivity contribution in [1.82, 2.24) is 19.5 Å². The molecule has 2 aromatic rings. The first-order valence-corrected chi connectivity index (χ1v) is 10.7. The lowest BCUT2D eigenvalue weighted by Gasteiger charge is -2.20. The molecule has 1 N–H and O–H groups in total. The summed E-state index contributed by atoms with van der Waals surface area (Å²) in [5.41, 5.74) is 4.56. The zero-order valence-corrected chi connectivity index (χ0v) is 18.8. The maximum atomic E-state index is 13.8.